The van der Waals surface area contributed by atoms with Crippen LogP contribution in [0.5, 0.6) is 0 Å². The first-order chi connectivity index (χ1) is 11.0. The highest BCUT2D eigenvalue weighted by Gasteiger charge is 2.38. The van der Waals surface area contributed by atoms with Gasteiger partial charge >= 0.3 is 5.97 Å². The molecule has 8 nitrogen and oxygen atoms in total. The maximum atomic E-state index is 12.1. The zero-order valence-corrected chi connectivity index (χ0v) is 12.8. The van der Waals surface area contributed by atoms with Gasteiger partial charge in [0.2, 0.25) is 0 Å². The van der Waals surface area contributed by atoms with Crippen LogP contribution in [-0.4, -0.2) is 57.0 Å². The van der Waals surface area contributed by atoms with E-state index in [0.717, 1.165) is 19.4 Å². The minimum atomic E-state index is -0.800. The van der Waals surface area contributed by atoms with E-state index in [1.165, 1.54) is 25.2 Å². The lowest BCUT2D eigenvalue weighted by Gasteiger charge is -2.42. The number of aromatic nitrogens is 2. The molecule has 2 aliphatic rings. The van der Waals surface area contributed by atoms with Crippen molar-refractivity contribution in [2.75, 3.05) is 18.8 Å². The van der Waals surface area contributed by atoms with Crippen molar-refractivity contribution in [1.82, 2.24) is 20.2 Å². The molecule has 0 bridgehead atoms. The normalized spacial score (nSPS) is 23.3. The van der Waals surface area contributed by atoms with Crippen LogP contribution in [0.3, 0.4) is 0 Å². The van der Waals surface area contributed by atoms with Crippen LogP contribution in [0.2, 0.25) is 0 Å². The van der Waals surface area contributed by atoms with Gasteiger partial charge in [-0.1, -0.05) is 0 Å². The number of anilines is 1. The Kier molecular flexibility index (Phi) is 4.42. The zero-order valence-electron chi connectivity index (χ0n) is 12.8. The number of carbonyl (C=O) groups excluding carboxylic acids is 1. The van der Waals surface area contributed by atoms with Gasteiger partial charge in [0.15, 0.2) is 11.5 Å². The zero-order chi connectivity index (χ0) is 16.4. The van der Waals surface area contributed by atoms with E-state index in [9.17, 15) is 9.59 Å². The van der Waals surface area contributed by atoms with Gasteiger partial charge in [0, 0.05) is 31.0 Å². The highest BCUT2D eigenvalue weighted by atomic mass is 16.4. The predicted octanol–water partition coefficient (Wildman–Crippen LogP) is 0.116. The Balaban J connectivity index is 1.50. The second kappa shape index (κ2) is 6.49. The first-order valence-corrected chi connectivity index (χ1v) is 7.86. The molecule has 0 saturated heterocycles. The van der Waals surface area contributed by atoms with E-state index in [1.54, 1.807) is 0 Å². The number of nitrogens with zero attached hydrogens (tertiary/aromatic N) is 3. The fourth-order valence-corrected chi connectivity index (χ4v) is 2.93. The van der Waals surface area contributed by atoms with Crippen molar-refractivity contribution in [3.05, 3.63) is 18.1 Å². The van der Waals surface area contributed by atoms with Gasteiger partial charge in [-0.05, 0) is 31.6 Å². The Hall–Kier alpha value is -2.22. The van der Waals surface area contributed by atoms with Crippen LogP contribution in [0, 0.1) is 5.92 Å². The van der Waals surface area contributed by atoms with Gasteiger partial charge in [0.05, 0.1) is 6.54 Å². The lowest BCUT2D eigenvalue weighted by Crippen LogP contribution is -2.55. The van der Waals surface area contributed by atoms with Crippen LogP contribution < -0.4 is 11.1 Å². The molecule has 1 aromatic rings. The molecule has 8 heteroatoms. The van der Waals surface area contributed by atoms with Crippen LogP contribution in [-0.2, 0) is 4.79 Å². The molecule has 4 N–H and O–H groups in total. The van der Waals surface area contributed by atoms with Crippen LogP contribution in [0.1, 0.15) is 36.2 Å². The number of carboxylic acids is 1. The quantitative estimate of drug-likeness (QED) is 0.652. The third kappa shape index (κ3) is 3.95. The predicted molar refractivity (Wildman–Crippen MR) is 82.7 cm³/mol. The lowest BCUT2D eigenvalue weighted by molar-refractivity contribution is -0.139. The summed E-state index contributed by atoms with van der Waals surface area (Å²) in [6, 6.07) is 0.251. The van der Waals surface area contributed by atoms with Gasteiger partial charge in [0.25, 0.3) is 5.91 Å². The molecule has 0 unspecified atom stereocenters. The van der Waals surface area contributed by atoms with Crippen molar-refractivity contribution in [3.63, 3.8) is 0 Å². The van der Waals surface area contributed by atoms with E-state index in [0.29, 0.717) is 5.92 Å². The maximum absolute atomic E-state index is 12.1. The fourth-order valence-electron chi connectivity index (χ4n) is 2.93. The molecule has 2 aliphatic carbocycles. The van der Waals surface area contributed by atoms with E-state index in [4.69, 9.17) is 10.8 Å². The first kappa shape index (κ1) is 15.7. The van der Waals surface area contributed by atoms with Gasteiger partial charge < -0.3 is 16.2 Å². The second-order valence-corrected chi connectivity index (χ2v) is 6.35. The molecule has 23 heavy (non-hydrogen) atoms. The minimum absolute atomic E-state index is 0.0319. The molecular weight excluding hydrogens is 298 g/mol. The van der Waals surface area contributed by atoms with E-state index < -0.39 is 5.97 Å². The number of nitrogen functional groups attached to an aromatic ring is 1. The van der Waals surface area contributed by atoms with Crippen molar-refractivity contribution >= 4 is 17.7 Å². The molecule has 0 atom stereocenters. The largest absolute Gasteiger partial charge is 0.480 e. The molecule has 2 fully saturated rings. The summed E-state index contributed by atoms with van der Waals surface area (Å²) in [6.45, 7) is 0.910. The Morgan fingerprint density at radius 2 is 2.00 bits per heavy atom. The number of nitrogens with one attached hydrogen (secondary N) is 1. The highest BCUT2D eigenvalue weighted by Crippen LogP contribution is 2.33. The van der Waals surface area contributed by atoms with E-state index >= 15 is 0 Å². The molecule has 0 spiro atoms. The molecule has 0 aromatic carbocycles. The summed E-state index contributed by atoms with van der Waals surface area (Å²) in [4.78, 5) is 32.9. The molecular formula is C15H21N5O3. The summed E-state index contributed by atoms with van der Waals surface area (Å²) >= 11 is 0. The first-order valence-electron chi connectivity index (χ1n) is 7.86. The SMILES string of the molecule is Nc1nccnc1C(=O)NC1CC(N(CC(=O)O)CC2CC2)C1. The van der Waals surface area contributed by atoms with Gasteiger partial charge in [-0.3, -0.25) is 14.5 Å². The van der Waals surface area contributed by atoms with Crippen LogP contribution in [0.15, 0.2) is 12.4 Å². The number of carbonyl (C=O) groups is 2. The number of aliphatic carboxylic acids is 1. The Morgan fingerprint density at radius 1 is 1.30 bits per heavy atom. The van der Waals surface area contributed by atoms with Crippen LogP contribution in [0.4, 0.5) is 5.82 Å². The van der Waals surface area contributed by atoms with Crippen LogP contribution >= 0.6 is 0 Å². The number of hydrogen-bond donors (Lipinski definition) is 3. The average Bonchev–Trinajstić information content (AvgIpc) is 3.25. The second-order valence-electron chi connectivity index (χ2n) is 6.35. The van der Waals surface area contributed by atoms with Crippen LogP contribution in [0.25, 0.3) is 0 Å². The van der Waals surface area contributed by atoms with E-state index in [1.807, 2.05) is 4.90 Å². The third-order valence-corrected chi connectivity index (χ3v) is 4.43. The molecule has 2 saturated carbocycles. The summed E-state index contributed by atoms with van der Waals surface area (Å²) in [5.41, 5.74) is 5.78. The standard InChI is InChI=1S/C15H21N5O3/c16-14-13(17-3-4-18-14)15(23)19-10-5-11(6-10)20(8-12(21)22)7-9-1-2-9/h3-4,9-11H,1-2,5-8H2,(H2,16,18)(H,19,23)(H,21,22). The molecule has 1 amide bonds. The average molecular weight is 319 g/mol. The molecule has 0 radical (unpaired) electrons. The molecule has 3 rings (SSSR count). The van der Waals surface area contributed by atoms with Gasteiger partial charge in [-0.25, -0.2) is 9.97 Å². The Labute approximate surface area is 134 Å². The lowest BCUT2D eigenvalue weighted by atomic mass is 9.85. The van der Waals surface area contributed by atoms with E-state index in [-0.39, 0.29) is 36.0 Å². The van der Waals surface area contributed by atoms with Gasteiger partial charge in [0.1, 0.15) is 0 Å². The summed E-state index contributed by atoms with van der Waals surface area (Å²) in [7, 11) is 0. The summed E-state index contributed by atoms with van der Waals surface area (Å²) in [5.74, 6) is -0.374. The summed E-state index contributed by atoms with van der Waals surface area (Å²) in [5, 5.41) is 11.9. The highest BCUT2D eigenvalue weighted by molar-refractivity contribution is 5.96. The number of rotatable bonds is 7. The van der Waals surface area contributed by atoms with Gasteiger partial charge in [-0.2, -0.15) is 0 Å². The summed E-state index contributed by atoms with van der Waals surface area (Å²) in [6.07, 6.45) is 6.76. The minimum Gasteiger partial charge on any atom is -0.480 e. The van der Waals surface area contributed by atoms with E-state index in [2.05, 4.69) is 15.3 Å². The van der Waals surface area contributed by atoms with Crippen molar-refractivity contribution in [2.24, 2.45) is 5.92 Å². The monoisotopic (exact) mass is 319 g/mol. The molecule has 1 aromatic heterocycles. The number of amides is 1. The third-order valence-electron chi connectivity index (χ3n) is 4.43. The number of carboxylic acid groups (broad SMARTS) is 1. The van der Waals surface area contributed by atoms with Gasteiger partial charge in [-0.15, -0.1) is 0 Å². The fraction of sp³-hybridized carbons (Fsp3) is 0.600. The molecule has 1 heterocycles. The maximum Gasteiger partial charge on any atom is 0.317 e. The molecule has 124 valence electrons. The van der Waals surface area contributed by atoms with Crippen molar-refractivity contribution in [3.8, 4) is 0 Å². The smallest absolute Gasteiger partial charge is 0.317 e. The Bertz CT molecular complexity index is 599. The Morgan fingerprint density at radius 3 is 2.61 bits per heavy atom. The summed E-state index contributed by atoms with van der Waals surface area (Å²) < 4.78 is 0. The number of nitrogens with two attached hydrogens (primary N) is 1. The molecule has 0 aliphatic heterocycles. The number of hydrogen-bond acceptors (Lipinski definition) is 6. The van der Waals surface area contributed by atoms with Crippen molar-refractivity contribution < 1.29 is 14.7 Å². The van der Waals surface area contributed by atoms with Crippen molar-refractivity contribution in [2.45, 2.75) is 37.8 Å². The topological polar surface area (TPSA) is 121 Å². The van der Waals surface area contributed by atoms with Crippen molar-refractivity contribution in [1.29, 1.82) is 0 Å².